The molecule has 0 spiro atoms. The fourth-order valence-electron chi connectivity index (χ4n) is 6.19. The third-order valence-corrected chi connectivity index (χ3v) is 11.6. The summed E-state index contributed by atoms with van der Waals surface area (Å²) in [5.41, 5.74) is 7.33. The first-order valence-corrected chi connectivity index (χ1v) is 36.0. The first-order valence-electron chi connectivity index (χ1n) is 15.4. The number of ketones is 1. The smallest absolute Gasteiger partial charge is 0.307 e. The summed E-state index contributed by atoms with van der Waals surface area (Å²) in [5, 5.41) is 30.2. The van der Waals surface area contributed by atoms with Crippen molar-refractivity contribution in [3.05, 3.63) is 71.8 Å². The van der Waals surface area contributed by atoms with Crippen molar-refractivity contribution in [2.24, 2.45) is 11.7 Å². The molecule has 0 radical (unpaired) electrons. The molecule has 4 aliphatic rings. The second-order valence-electron chi connectivity index (χ2n) is 12.8. The zero-order valence-corrected chi connectivity index (χ0v) is 43.9. The molecule has 6 atom stereocenters. The van der Waals surface area contributed by atoms with Gasteiger partial charge < -0.3 is 45.9 Å². The van der Waals surface area contributed by atoms with Crippen LogP contribution < -0.4 is 29.2 Å². The molecule has 6 rings (SSSR count). The van der Waals surface area contributed by atoms with Gasteiger partial charge in [0.2, 0.25) is 11.8 Å². The topological polar surface area (TPSA) is 233 Å². The molecule has 4 aliphatic heterocycles. The van der Waals surface area contributed by atoms with Gasteiger partial charge >= 0.3 is 56.5 Å². The summed E-state index contributed by atoms with van der Waals surface area (Å²) in [4.78, 5) is 71.0. The minimum Gasteiger partial charge on any atom is -0.481 e. The second kappa shape index (κ2) is 26.6. The van der Waals surface area contributed by atoms with Crippen LogP contribution in [0.25, 0.3) is 0 Å². The maximum absolute atomic E-state index is 12.3. The van der Waals surface area contributed by atoms with E-state index in [2.05, 4.69) is 74.5 Å². The van der Waals surface area contributed by atoms with E-state index in [9.17, 15) is 39.0 Å². The number of hydrogen-bond donors (Lipinski definition) is 2. The van der Waals surface area contributed by atoms with Crippen LogP contribution in [0.5, 0.6) is 0 Å². The normalized spacial score (nSPS) is 23.9. The molecule has 21 heteroatoms. The molecule has 5 N–H and O–H groups in total. The summed E-state index contributed by atoms with van der Waals surface area (Å²) >= 11 is 12.4. The zero-order valence-electron chi connectivity index (χ0n) is 29.2. The fraction of sp³-hybridized carbons (Fsp3) is 0.471. The fourth-order valence-corrected chi connectivity index (χ4v) is 9.43. The number of aliphatic carboxylic acids is 3. The number of carboxylic acids is 3. The van der Waals surface area contributed by atoms with Gasteiger partial charge in [-0.2, -0.15) is 0 Å². The average Bonchev–Trinajstić information content (AvgIpc) is 3.51. The molecule has 0 unspecified atom stereocenters. The van der Waals surface area contributed by atoms with Gasteiger partial charge in [0.25, 0.3) is 0 Å². The van der Waals surface area contributed by atoms with Gasteiger partial charge in [-0.3, -0.25) is 19.2 Å². The van der Waals surface area contributed by atoms with Crippen molar-refractivity contribution in [2.75, 3.05) is 0 Å². The molecule has 2 amide bonds. The number of Topliss-reactive ketones (excluding diaryl/α,β-unsaturated/α-hetero) is 1. The first kappa shape index (κ1) is 57.6. The van der Waals surface area contributed by atoms with E-state index in [1.165, 1.54) is 33.3 Å². The summed E-state index contributed by atoms with van der Waals surface area (Å²) in [7, 11) is 0. The maximum atomic E-state index is 12.3. The third kappa shape index (κ3) is 15.5. The van der Waals surface area contributed by atoms with E-state index in [0.29, 0.717) is 19.7 Å². The minimum atomic E-state index is -1.23. The van der Waals surface area contributed by atoms with Gasteiger partial charge in [0.15, 0.2) is 0 Å². The quantitative estimate of drug-likeness (QED) is 0.279. The molecule has 4 saturated heterocycles. The molecular formula is C34H44I6N3O10S2-3. The van der Waals surface area contributed by atoms with E-state index in [4.69, 9.17) is 10.8 Å². The molecule has 4 fully saturated rings. The molecule has 0 aromatic heterocycles. The van der Waals surface area contributed by atoms with Crippen LogP contribution in [0.15, 0.2) is 60.7 Å². The van der Waals surface area contributed by atoms with Gasteiger partial charge in [0.05, 0.1) is 41.7 Å². The molecule has 2 aromatic carbocycles. The molecule has 13 nitrogen and oxygen atoms in total. The number of hydrogen-bond acceptors (Lipinski definition) is 11. The number of nitrogens with zero attached hydrogens (tertiary/aromatic N) is 2. The summed E-state index contributed by atoms with van der Waals surface area (Å²) in [6.07, 6.45) is 0.577. The molecule has 312 valence electrons. The van der Waals surface area contributed by atoms with Crippen molar-refractivity contribution in [1.29, 1.82) is 0 Å². The number of benzene rings is 2. The Balaban J connectivity index is 0. The first-order chi connectivity index (χ1) is 24.4. The summed E-state index contributed by atoms with van der Waals surface area (Å²) in [6, 6.07) is 16.2. The van der Waals surface area contributed by atoms with E-state index in [1.54, 1.807) is 39.8 Å². The standard InChI is InChI=1S/C17H19NO4S.C8H12N2O3S.C8H8O2.CH4.I3.I2.HI.H2O/c1-17(2)13(16(21)22)18-14(20)12(15(18)23-17)9-11(19)8-10-6-4-3-5-7-10;1-8(2)4(7(12)13)10-5(11)3(9)6(10)14-8;9-8(10)6-7-4-2-1-3-5-7;;1-3-2;1-2;;/h3-7,12-13,15H,8-9H2,1-2H3,(H,21,22);3-4,6H,9H2,1-2H3,(H,12,13);1-5H,6H2,(H,9,10);1H4;;;1H;1H2/q;;;;-1;;;/p-2/t12-,13+,15-;3-,4+,6-;;;;;;/m11....../s1. The molecule has 0 saturated carbocycles. The van der Waals surface area contributed by atoms with Gasteiger partial charge in [-0.1, -0.05) is 68.1 Å². The number of fused-ring (bicyclic) bond motifs is 2. The number of amides is 2. The van der Waals surface area contributed by atoms with Crippen molar-refractivity contribution in [3.8, 4) is 0 Å². The van der Waals surface area contributed by atoms with E-state index >= 15 is 0 Å². The number of carbonyl (C=O) groups excluding carboxylic acids is 5. The SMILES string of the molecule is C.CC1(C)S[C@@H]2[C@H](CC(=O)Cc3ccccc3)C(=O)N2[C@H]1C(=O)[O-].CC1(C)S[C@@H]2[C@H](N)C(=O)N2[C@H]1C(=O)[O-].I.II.I[I-]I.O.O=C(O)Cc1ccccc1. The number of thioether (sulfide) groups is 2. The Kier molecular flexibility index (Phi) is 27.9. The Labute approximate surface area is 400 Å². The number of β-lactam (4-membered cyclic amide) rings is 2. The van der Waals surface area contributed by atoms with E-state index < -0.39 is 51.4 Å². The number of rotatable bonds is 8. The Hall–Kier alpha value is 0.460. The predicted octanol–water partition coefficient (Wildman–Crippen LogP) is 1.03. The van der Waals surface area contributed by atoms with E-state index in [1.807, 2.05) is 48.5 Å². The molecule has 4 heterocycles. The van der Waals surface area contributed by atoms with Crippen LogP contribution in [0.2, 0.25) is 0 Å². The monoisotopic (exact) mass is 1480 g/mol. The van der Waals surface area contributed by atoms with Crippen molar-refractivity contribution in [2.45, 2.75) is 92.8 Å². The van der Waals surface area contributed by atoms with Crippen LogP contribution in [0.3, 0.4) is 0 Å². The predicted molar refractivity (Wildman–Crippen MR) is 253 cm³/mol. The van der Waals surface area contributed by atoms with Crippen LogP contribution in [0, 0.1) is 5.92 Å². The van der Waals surface area contributed by atoms with Crippen LogP contribution in [0.1, 0.15) is 52.7 Å². The minimum absolute atomic E-state index is 0. The van der Waals surface area contributed by atoms with Crippen molar-refractivity contribution in [1.82, 2.24) is 9.80 Å². The van der Waals surface area contributed by atoms with Crippen LogP contribution in [-0.4, -0.2) is 94.3 Å². The van der Waals surface area contributed by atoms with Crippen molar-refractivity contribution >= 4 is 157 Å². The van der Waals surface area contributed by atoms with Crippen molar-refractivity contribution in [3.63, 3.8) is 0 Å². The number of carboxylic acid groups (broad SMARTS) is 3. The number of carbonyl (C=O) groups is 6. The largest absolute Gasteiger partial charge is 0.481 e. The van der Waals surface area contributed by atoms with Crippen LogP contribution >= 0.6 is 122 Å². The Bertz CT molecular complexity index is 1580. The molecule has 0 bridgehead atoms. The molecule has 0 aliphatic carbocycles. The van der Waals surface area contributed by atoms with Gasteiger partial charge in [0, 0.05) is 59.6 Å². The Morgan fingerprint density at radius 2 is 1.15 bits per heavy atom. The zero-order chi connectivity index (χ0) is 39.6. The summed E-state index contributed by atoms with van der Waals surface area (Å²) in [5.74, 6) is -4.17. The molecule has 2 aromatic rings. The molecule has 55 heavy (non-hydrogen) atoms. The average molecular weight is 1480 g/mol. The van der Waals surface area contributed by atoms with Crippen LogP contribution in [-0.2, 0) is 41.6 Å². The summed E-state index contributed by atoms with van der Waals surface area (Å²) in [6.45, 7) is 7.17. The van der Waals surface area contributed by atoms with E-state index in [0.717, 1.165) is 11.1 Å². The maximum Gasteiger partial charge on any atom is 0.307 e. The van der Waals surface area contributed by atoms with Gasteiger partial charge in [-0.25, -0.2) is 0 Å². The summed E-state index contributed by atoms with van der Waals surface area (Å²) < 4.78 is -1.12. The Morgan fingerprint density at radius 1 is 0.782 bits per heavy atom. The third-order valence-electron chi connectivity index (χ3n) is 8.37. The number of nitrogens with two attached hydrogens (primary N) is 1. The van der Waals surface area contributed by atoms with Crippen LogP contribution in [0.4, 0.5) is 0 Å². The number of halogens is 6. The Morgan fingerprint density at radius 3 is 1.53 bits per heavy atom. The van der Waals surface area contributed by atoms with Crippen molar-refractivity contribution < 1.29 is 62.8 Å². The van der Waals surface area contributed by atoms with Gasteiger partial charge in [-0.15, -0.1) is 47.5 Å². The van der Waals surface area contributed by atoms with Gasteiger partial charge in [-0.05, 0) is 38.8 Å². The molecular weight excluding hydrogens is 1440 g/mol. The second-order valence-corrected chi connectivity index (χ2v) is 32.6. The van der Waals surface area contributed by atoms with Gasteiger partial charge in [0.1, 0.15) is 17.2 Å². The van der Waals surface area contributed by atoms with E-state index in [-0.39, 0.29) is 78.1 Å².